The number of fused-ring (bicyclic) bond motifs is 2. The molecule has 0 aromatic carbocycles. The summed E-state index contributed by atoms with van der Waals surface area (Å²) in [7, 11) is 0. The van der Waals surface area contributed by atoms with Crippen LogP contribution in [0.25, 0.3) is 0 Å². The fraction of sp³-hybridized carbons (Fsp3) is 0.692. The Morgan fingerprint density at radius 2 is 2.33 bits per heavy atom. The van der Waals surface area contributed by atoms with E-state index in [2.05, 4.69) is 22.4 Å². The zero-order chi connectivity index (χ0) is 12.7. The van der Waals surface area contributed by atoms with E-state index in [4.69, 9.17) is 11.6 Å². The van der Waals surface area contributed by atoms with Crippen molar-refractivity contribution in [1.29, 1.82) is 0 Å². The molecule has 2 N–H and O–H groups in total. The maximum atomic E-state index is 11.4. The van der Waals surface area contributed by atoms with Gasteiger partial charge in [-0.05, 0) is 43.9 Å². The van der Waals surface area contributed by atoms with Gasteiger partial charge in [0.2, 0.25) is 0 Å². The third kappa shape index (κ3) is 2.03. The van der Waals surface area contributed by atoms with Crippen molar-refractivity contribution >= 4 is 17.3 Å². The van der Waals surface area contributed by atoms with Crippen LogP contribution in [0.5, 0.6) is 0 Å². The summed E-state index contributed by atoms with van der Waals surface area (Å²) in [6.45, 7) is 2.18. The number of aromatic nitrogens is 2. The molecule has 4 nitrogen and oxygen atoms in total. The highest BCUT2D eigenvalue weighted by Crippen LogP contribution is 2.49. The second-order valence-corrected chi connectivity index (χ2v) is 6.08. The van der Waals surface area contributed by atoms with Gasteiger partial charge in [0, 0.05) is 6.04 Å². The lowest BCUT2D eigenvalue weighted by atomic mass is 9.84. The molecule has 2 fully saturated rings. The first-order valence-corrected chi connectivity index (χ1v) is 7.02. The van der Waals surface area contributed by atoms with Crippen LogP contribution in [0.15, 0.2) is 11.0 Å². The van der Waals surface area contributed by atoms with Crippen molar-refractivity contribution in [3.05, 3.63) is 21.6 Å². The fourth-order valence-corrected chi connectivity index (χ4v) is 3.89. The second kappa shape index (κ2) is 4.57. The Kier molecular flexibility index (Phi) is 3.06. The smallest absolute Gasteiger partial charge is 0.285 e. The normalized spacial score (nSPS) is 31.6. The summed E-state index contributed by atoms with van der Waals surface area (Å²) in [5.41, 5.74) is 0.317. The number of H-pyrrole nitrogens is 1. The van der Waals surface area contributed by atoms with Crippen molar-refractivity contribution in [2.45, 2.75) is 38.6 Å². The standard InChI is InChI=1S/C13H18ClN3O/c1-7(10-5-8-2-3-9(10)4-8)16-11-6-15-17-13(18)12(11)14/h6-10H,2-5H2,1H3,(H2,16,17,18). The molecule has 0 amide bonds. The lowest BCUT2D eigenvalue weighted by Crippen LogP contribution is -2.30. The monoisotopic (exact) mass is 267 g/mol. The molecular formula is C13H18ClN3O. The number of nitrogens with zero attached hydrogens (tertiary/aromatic N) is 1. The molecule has 98 valence electrons. The first-order valence-electron chi connectivity index (χ1n) is 6.65. The number of aromatic amines is 1. The van der Waals surface area contributed by atoms with Crippen molar-refractivity contribution in [2.24, 2.45) is 17.8 Å². The van der Waals surface area contributed by atoms with E-state index in [-0.39, 0.29) is 10.6 Å². The van der Waals surface area contributed by atoms with Crippen LogP contribution >= 0.6 is 11.6 Å². The number of nitrogens with one attached hydrogen (secondary N) is 2. The molecule has 1 aromatic rings. The summed E-state index contributed by atoms with van der Waals surface area (Å²) in [6.07, 6.45) is 7.06. The molecule has 4 atom stereocenters. The van der Waals surface area contributed by atoms with Crippen LogP contribution in [-0.4, -0.2) is 16.2 Å². The summed E-state index contributed by atoms with van der Waals surface area (Å²) in [6, 6.07) is 0.349. The molecular weight excluding hydrogens is 250 g/mol. The van der Waals surface area contributed by atoms with Gasteiger partial charge in [-0.1, -0.05) is 18.0 Å². The van der Waals surface area contributed by atoms with Gasteiger partial charge in [0.25, 0.3) is 5.56 Å². The Morgan fingerprint density at radius 3 is 3.00 bits per heavy atom. The third-order valence-electron chi connectivity index (χ3n) is 4.61. The average Bonchev–Trinajstić information content (AvgIpc) is 2.97. The first-order chi connectivity index (χ1) is 8.65. The Labute approximate surface area is 111 Å². The van der Waals surface area contributed by atoms with E-state index in [0.717, 1.165) is 11.8 Å². The van der Waals surface area contributed by atoms with Gasteiger partial charge in [-0.3, -0.25) is 4.79 Å². The molecule has 0 radical (unpaired) electrons. The second-order valence-electron chi connectivity index (χ2n) is 5.70. The molecule has 2 aliphatic rings. The summed E-state index contributed by atoms with van der Waals surface area (Å²) in [5.74, 6) is 2.49. The van der Waals surface area contributed by atoms with Gasteiger partial charge in [0.05, 0.1) is 11.9 Å². The van der Waals surface area contributed by atoms with Crippen molar-refractivity contribution in [1.82, 2.24) is 10.2 Å². The van der Waals surface area contributed by atoms with Crippen LogP contribution in [0.1, 0.15) is 32.6 Å². The van der Waals surface area contributed by atoms with Crippen LogP contribution in [0, 0.1) is 17.8 Å². The largest absolute Gasteiger partial charge is 0.380 e. The first kappa shape index (κ1) is 12.0. The lowest BCUT2D eigenvalue weighted by Gasteiger charge is -2.29. The molecule has 2 bridgehead atoms. The SMILES string of the molecule is CC(Nc1cn[nH]c(=O)c1Cl)C1CC2CCC1C2. The molecule has 1 heterocycles. The molecule has 2 aliphatic carbocycles. The van der Waals surface area contributed by atoms with Gasteiger partial charge in [-0.15, -0.1) is 0 Å². The van der Waals surface area contributed by atoms with Gasteiger partial charge in [0.1, 0.15) is 5.02 Å². The number of halogens is 1. The van der Waals surface area contributed by atoms with Gasteiger partial charge in [-0.25, -0.2) is 5.10 Å². The van der Waals surface area contributed by atoms with E-state index < -0.39 is 0 Å². The number of hydrogen-bond acceptors (Lipinski definition) is 3. The maximum Gasteiger partial charge on any atom is 0.285 e. The molecule has 4 unspecified atom stereocenters. The Hall–Kier alpha value is -1.03. The molecule has 0 aliphatic heterocycles. The van der Waals surface area contributed by atoms with E-state index in [1.807, 2.05) is 0 Å². The predicted molar refractivity (Wildman–Crippen MR) is 71.9 cm³/mol. The maximum absolute atomic E-state index is 11.4. The van der Waals surface area contributed by atoms with Gasteiger partial charge in [0.15, 0.2) is 0 Å². The van der Waals surface area contributed by atoms with Crippen LogP contribution in [0.2, 0.25) is 5.02 Å². The summed E-state index contributed by atoms with van der Waals surface area (Å²) < 4.78 is 0. The Morgan fingerprint density at radius 1 is 1.50 bits per heavy atom. The number of anilines is 1. The van der Waals surface area contributed by atoms with E-state index in [1.54, 1.807) is 6.20 Å². The average molecular weight is 268 g/mol. The van der Waals surface area contributed by atoms with E-state index in [0.29, 0.717) is 17.6 Å². The highest BCUT2D eigenvalue weighted by atomic mass is 35.5. The summed E-state index contributed by atoms with van der Waals surface area (Å²) in [4.78, 5) is 11.4. The Balaban J connectivity index is 1.73. The van der Waals surface area contributed by atoms with Gasteiger partial charge >= 0.3 is 0 Å². The van der Waals surface area contributed by atoms with Crippen LogP contribution in [0.4, 0.5) is 5.69 Å². The van der Waals surface area contributed by atoms with E-state index in [1.165, 1.54) is 25.7 Å². The molecule has 3 rings (SSSR count). The van der Waals surface area contributed by atoms with E-state index in [9.17, 15) is 4.79 Å². The highest BCUT2D eigenvalue weighted by Gasteiger charge is 2.41. The van der Waals surface area contributed by atoms with Crippen LogP contribution in [-0.2, 0) is 0 Å². The predicted octanol–water partition coefficient (Wildman–Crippen LogP) is 2.66. The molecule has 1 aromatic heterocycles. The number of rotatable bonds is 3. The van der Waals surface area contributed by atoms with Crippen molar-refractivity contribution in [3.8, 4) is 0 Å². The number of hydrogen-bond donors (Lipinski definition) is 2. The minimum Gasteiger partial charge on any atom is -0.380 e. The summed E-state index contributed by atoms with van der Waals surface area (Å²) in [5, 5.41) is 9.69. The van der Waals surface area contributed by atoms with Crippen LogP contribution < -0.4 is 10.9 Å². The Bertz CT molecular complexity index is 501. The van der Waals surface area contributed by atoms with Gasteiger partial charge < -0.3 is 5.32 Å². The zero-order valence-electron chi connectivity index (χ0n) is 10.4. The summed E-state index contributed by atoms with van der Waals surface area (Å²) >= 11 is 5.98. The molecule has 0 saturated heterocycles. The van der Waals surface area contributed by atoms with Crippen molar-refractivity contribution in [2.75, 3.05) is 5.32 Å². The van der Waals surface area contributed by atoms with Crippen LogP contribution in [0.3, 0.4) is 0 Å². The fourth-order valence-electron chi connectivity index (χ4n) is 3.74. The van der Waals surface area contributed by atoms with Gasteiger partial charge in [-0.2, -0.15) is 5.10 Å². The molecule has 2 saturated carbocycles. The van der Waals surface area contributed by atoms with Crippen molar-refractivity contribution < 1.29 is 0 Å². The lowest BCUT2D eigenvalue weighted by molar-refractivity contribution is 0.304. The third-order valence-corrected chi connectivity index (χ3v) is 4.99. The highest BCUT2D eigenvalue weighted by molar-refractivity contribution is 6.32. The quantitative estimate of drug-likeness (QED) is 0.885. The molecule has 18 heavy (non-hydrogen) atoms. The minimum absolute atomic E-state index is 0.208. The van der Waals surface area contributed by atoms with Crippen molar-refractivity contribution in [3.63, 3.8) is 0 Å². The van der Waals surface area contributed by atoms with E-state index >= 15 is 0 Å². The minimum atomic E-state index is -0.332. The zero-order valence-corrected chi connectivity index (χ0v) is 11.2. The molecule has 5 heteroatoms. The molecule has 0 spiro atoms. The topological polar surface area (TPSA) is 57.8 Å².